The number of piperazine rings is 3. The summed E-state index contributed by atoms with van der Waals surface area (Å²) in [6.45, 7) is 29.6. The zero-order chi connectivity index (χ0) is 62.5. The van der Waals surface area contributed by atoms with E-state index in [-0.39, 0.29) is 18.8 Å². The van der Waals surface area contributed by atoms with Crippen LogP contribution in [-0.4, -0.2) is 151 Å². The van der Waals surface area contributed by atoms with Crippen LogP contribution in [0.4, 0.5) is 9.59 Å². The third-order valence-electron chi connectivity index (χ3n) is 13.5. The van der Waals surface area contributed by atoms with Crippen LogP contribution in [-0.2, 0) is 61.3 Å². The molecule has 6 heterocycles. The van der Waals surface area contributed by atoms with Crippen LogP contribution >= 0.6 is 11.6 Å². The lowest BCUT2D eigenvalue weighted by Gasteiger charge is -2.34. The highest BCUT2D eigenvalue weighted by Crippen LogP contribution is 2.14. The third kappa shape index (κ3) is 27.7. The SMILES string of the molecule is CC.CC.CC.CCO.ClCc1cncn1Cc1ccccc1.O=C(OCc1ccccc1)N1CCN(Cc2cncn2Cc2ccccc2)CC1.O=C(OCc1ccccc1)N1CCNCC1.c1ccc(Cn2cncc2CN2CCNCC2)cc1. The molecule has 8 aromatic rings. The van der Waals surface area contributed by atoms with Crippen molar-refractivity contribution in [2.45, 2.75) is 100 Å². The van der Waals surface area contributed by atoms with E-state index >= 15 is 0 Å². The Morgan fingerprint density at radius 1 is 0.425 bits per heavy atom. The van der Waals surface area contributed by atoms with Crippen molar-refractivity contribution >= 4 is 23.8 Å². The lowest BCUT2D eigenvalue weighted by atomic mass is 10.2. The maximum Gasteiger partial charge on any atom is 0.410 e. The maximum absolute atomic E-state index is 12.3. The second-order valence-electron chi connectivity index (χ2n) is 19.6. The molecule has 470 valence electrons. The van der Waals surface area contributed by atoms with Crippen LogP contribution in [0.15, 0.2) is 189 Å². The van der Waals surface area contributed by atoms with E-state index < -0.39 is 0 Å². The zero-order valence-corrected chi connectivity index (χ0v) is 53.4. The molecule has 3 aliphatic rings. The summed E-state index contributed by atoms with van der Waals surface area (Å²) in [4.78, 5) is 45.0. The summed E-state index contributed by atoms with van der Waals surface area (Å²) < 4.78 is 17.2. The molecule has 3 aromatic heterocycles. The zero-order valence-electron chi connectivity index (χ0n) is 52.7. The molecule has 18 heteroatoms. The van der Waals surface area contributed by atoms with Crippen molar-refractivity contribution in [3.63, 3.8) is 0 Å². The molecule has 0 aliphatic carbocycles. The van der Waals surface area contributed by atoms with Crippen LogP contribution < -0.4 is 10.6 Å². The van der Waals surface area contributed by atoms with Crippen LogP contribution in [0.25, 0.3) is 0 Å². The van der Waals surface area contributed by atoms with Gasteiger partial charge in [-0.05, 0) is 34.7 Å². The summed E-state index contributed by atoms with van der Waals surface area (Å²) >= 11 is 5.78. The van der Waals surface area contributed by atoms with Gasteiger partial charge in [0, 0.05) is 136 Å². The number of amides is 2. The molecule has 3 N–H and O–H groups in total. The van der Waals surface area contributed by atoms with Gasteiger partial charge in [0.15, 0.2) is 0 Å². The molecule has 11 rings (SSSR count). The number of nitrogens with one attached hydrogen (secondary N) is 2. The third-order valence-corrected chi connectivity index (χ3v) is 13.8. The second-order valence-corrected chi connectivity index (χ2v) is 19.8. The van der Waals surface area contributed by atoms with Crippen molar-refractivity contribution in [1.82, 2.24) is 58.9 Å². The van der Waals surface area contributed by atoms with E-state index in [1.165, 1.54) is 28.1 Å². The van der Waals surface area contributed by atoms with E-state index in [4.69, 9.17) is 26.2 Å². The van der Waals surface area contributed by atoms with Gasteiger partial charge < -0.3 is 48.7 Å². The first-order chi connectivity index (χ1) is 42.9. The van der Waals surface area contributed by atoms with Crippen LogP contribution in [0.2, 0.25) is 0 Å². The van der Waals surface area contributed by atoms with E-state index in [1.54, 1.807) is 22.9 Å². The minimum Gasteiger partial charge on any atom is -0.445 e. The van der Waals surface area contributed by atoms with Crippen LogP contribution in [0.5, 0.6) is 0 Å². The van der Waals surface area contributed by atoms with Gasteiger partial charge in [-0.2, -0.15) is 0 Å². The summed E-state index contributed by atoms with van der Waals surface area (Å²) in [5.41, 5.74) is 9.41. The normalized spacial score (nSPS) is 13.5. The van der Waals surface area contributed by atoms with Gasteiger partial charge in [-0.1, -0.05) is 193 Å². The number of hydrogen-bond donors (Lipinski definition) is 3. The van der Waals surface area contributed by atoms with E-state index in [0.29, 0.717) is 32.2 Å². The predicted octanol–water partition coefficient (Wildman–Crippen LogP) is 11.7. The topological polar surface area (TPSA) is 163 Å². The smallest absolute Gasteiger partial charge is 0.410 e. The molecule has 2 amide bonds. The molecule has 3 saturated heterocycles. The van der Waals surface area contributed by atoms with E-state index in [1.807, 2.05) is 158 Å². The first-order valence-corrected chi connectivity index (χ1v) is 31.4. The Hall–Kier alpha value is -7.64. The van der Waals surface area contributed by atoms with Gasteiger partial charge in [-0.15, -0.1) is 11.6 Å². The van der Waals surface area contributed by atoms with Crippen LogP contribution in [0.3, 0.4) is 0 Å². The number of aromatic nitrogens is 6. The number of alkyl halides is 1. The van der Waals surface area contributed by atoms with E-state index in [2.05, 4.69) is 116 Å². The summed E-state index contributed by atoms with van der Waals surface area (Å²) in [6, 6.07) is 50.7. The number of carbonyl (C=O) groups is 2. The highest BCUT2D eigenvalue weighted by molar-refractivity contribution is 6.16. The van der Waals surface area contributed by atoms with Crippen molar-refractivity contribution in [1.29, 1.82) is 0 Å². The Bertz CT molecular complexity index is 2930. The lowest BCUT2D eigenvalue weighted by molar-refractivity contribution is 0.0695. The number of hydrogen-bond acceptors (Lipinski definition) is 12. The Balaban J connectivity index is 0.000000246. The standard InChI is InChI=1S/C23H26N4O2.C15H20N4.C12H16N2O2.C11H11ClN2.C2H6O.3C2H6/c28-23(29-18-21-9-5-2-6-10-21)26-13-11-25(12-14-26)17-22-15-24-19-27(22)16-20-7-3-1-4-8-20;1-2-4-14(5-3-1)11-19-13-17-10-15(19)12-18-8-6-16-7-9-18;15-12(14-8-6-13-7-9-14)16-10-11-4-2-1-3-5-11;12-6-11-7-13-9-14(11)8-10-4-2-1-3-5-10;1-2-3;3*1-2/h1-10,15,19H,11-14,16-18H2;1-5,10,13,16H,6-9,11-12H2;1-5,13H,6-10H2;1-5,7,9H,6,8H2;3H,2H2,1H3;3*1-2H3. The summed E-state index contributed by atoms with van der Waals surface area (Å²) in [5.74, 6) is 0.507. The Kier molecular flexibility index (Phi) is 37.0. The summed E-state index contributed by atoms with van der Waals surface area (Å²) in [6.07, 6.45) is 10.9. The number of nitrogens with zero attached hydrogens (tertiary/aromatic N) is 10. The number of carbonyl (C=O) groups excluding carboxylic acids is 2. The number of aliphatic hydroxyl groups excluding tert-OH is 1. The van der Waals surface area contributed by atoms with Crippen molar-refractivity contribution in [3.8, 4) is 0 Å². The van der Waals surface area contributed by atoms with Crippen molar-refractivity contribution in [2.24, 2.45) is 0 Å². The number of benzene rings is 5. The number of aliphatic hydroxyl groups is 1. The molecule has 0 radical (unpaired) electrons. The predicted molar refractivity (Wildman–Crippen MR) is 352 cm³/mol. The number of ether oxygens (including phenoxy) is 2. The van der Waals surface area contributed by atoms with Crippen LogP contribution in [0.1, 0.15) is 93.4 Å². The fourth-order valence-electron chi connectivity index (χ4n) is 9.07. The first-order valence-electron chi connectivity index (χ1n) is 30.9. The van der Waals surface area contributed by atoms with Gasteiger partial charge in [0.2, 0.25) is 0 Å². The summed E-state index contributed by atoms with van der Waals surface area (Å²) in [7, 11) is 0. The molecule has 0 spiro atoms. The Labute approximate surface area is 524 Å². The minimum absolute atomic E-state index is 0.217. The average molecular weight is 1210 g/mol. The van der Waals surface area contributed by atoms with Crippen molar-refractivity contribution < 1.29 is 24.2 Å². The van der Waals surface area contributed by atoms with Gasteiger partial charge in [0.05, 0.1) is 41.9 Å². The molecule has 0 unspecified atom stereocenters. The van der Waals surface area contributed by atoms with E-state index in [0.717, 1.165) is 115 Å². The Morgan fingerprint density at radius 2 is 0.713 bits per heavy atom. The molecule has 17 nitrogen and oxygen atoms in total. The van der Waals surface area contributed by atoms with Gasteiger partial charge in [0.1, 0.15) is 13.2 Å². The maximum atomic E-state index is 12.3. The fraction of sp³-hybridized carbons (Fsp3) is 0.406. The molecular weight excluding hydrogens is 1110 g/mol. The van der Waals surface area contributed by atoms with Gasteiger partial charge in [-0.25, -0.2) is 24.5 Å². The molecule has 0 bridgehead atoms. The Morgan fingerprint density at radius 3 is 1.06 bits per heavy atom. The quantitative estimate of drug-likeness (QED) is 0.0834. The molecular formula is C69H97ClN12O5. The van der Waals surface area contributed by atoms with E-state index in [9.17, 15) is 9.59 Å². The summed E-state index contributed by atoms with van der Waals surface area (Å²) in [5, 5.41) is 14.1. The first kappa shape index (κ1) is 71.8. The molecule has 0 saturated carbocycles. The van der Waals surface area contributed by atoms with Crippen LogP contribution in [0, 0.1) is 0 Å². The lowest BCUT2D eigenvalue weighted by Crippen LogP contribution is -2.48. The molecule has 3 aliphatic heterocycles. The fourth-order valence-corrected chi connectivity index (χ4v) is 9.29. The molecule has 3 fully saturated rings. The minimum atomic E-state index is -0.234. The van der Waals surface area contributed by atoms with Crippen molar-refractivity contribution in [3.05, 3.63) is 234 Å². The number of rotatable bonds is 15. The van der Waals surface area contributed by atoms with Gasteiger partial charge in [0.25, 0.3) is 0 Å². The molecule has 87 heavy (non-hydrogen) atoms. The monoisotopic (exact) mass is 1210 g/mol. The second kappa shape index (κ2) is 44.8. The molecule has 5 aromatic carbocycles. The number of imidazole rings is 3. The largest absolute Gasteiger partial charge is 0.445 e. The van der Waals surface area contributed by atoms with Gasteiger partial charge in [-0.3, -0.25) is 9.80 Å². The highest BCUT2D eigenvalue weighted by Gasteiger charge is 2.23. The average Bonchev–Trinajstić information content (AvgIpc) is 4.58. The highest BCUT2D eigenvalue weighted by atomic mass is 35.5. The van der Waals surface area contributed by atoms with Gasteiger partial charge >= 0.3 is 12.2 Å². The number of halogens is 1. The van der Waals surface area contributed by atoms with Crippen molar-refractivity contribution in [2.75, 3.05) is 85.1 Å². The molecule has 0 atom stereocenters.